The highest BCUT2D eigenvalue weighted by Crippen LogP contribution is 2.35. The van der Waals surface area contributed by atoms with E-state index in [1.807, 2.05) is 36.4 Å². The van der Waals surface area contributed by atoms with Gasteiger partial charge in [-0.2, -0.15) is 0 Å². The zero-order chi connectivity index (χ0) is 14.3. The predicted molar refractivity (Wildman–Crippen MR) is 81.9 cm³/mol. The molecule has 0 aliphatic carbocycles. The summed E-state index contributed by atoms with van der Waals surface area (Å²) in [5, 5.41) is 3.32. The highest BCUT2D eigenvalue weighted by Gasteiger charge is 2.42. The van der Waals surface area contributed by atoms with Crippen molar-refractivity contribution in [2.45, 2.75) is 18.5 Å². The molecule has 2 bridgehead atoms. The van der Waals surface area contributed by atoms with Crippen molar-refractivity contribution in [2.24, 2.45) is 0 Å². The van der Waals surface area contributed by atoms with Gasteiger partial charge in [-0.1, -0.05) is 48.5 Å². The van der Waals surface area contributed by atoms with Crippen LogP contribution in [0.4, 0.5) is 0 Å². The van der Waals surface area contributed by atoms with Crippen molar-refractivity contribution in [1.82, 2.24) is 10.2 Å². The highest BCUT2D eigenvalue weighted by atomic mass is 16.1. The maximum atomic E-state index is 12.7. The molecule has 1 saturated heterocycles. The summed E-state index contributed by atoms with van der Waals surface area (Å²) < 4.78 is 0. The summed E-state index contributed by atoms with van der Waals surface area (Å²) in [7, 11) is 0. The topological polar surface area (TPSA) is 32.3 Å². The number of carbonyl (C=O) groups excluding carboxylic acids is 1. The van der Waals surface area contributed by atoms with E-state index >= 15 is 0 Å². The monoisotopic (exact) mass is 278 g/mol. The number of rotatable bonds is 1. The molecule has 0 aromatic heterocycles. The lowest BCUT2D eigenvalue weighted by Crippen LogP contribution is -2.49. The zero-order valence-electron chi connectivity index (χ0n) is 11.9. The van der Waals surface area contributed by atoms with E-state index < -0.39 is 0 Å². The normalized spacial score (nSPS) is 27.4. The van der Waals surface area contributed by atoms with Gasteiger partial charge < -0.3 is 5.32 Å². The van der Waals surface area contributed by atoms with Crippen LogP contribution >= 0.6 is 0 Å². The lowest BCUT2D eigenvalue weighted by Gasteiger charge is -2.33. The number of nitrogens with one attached hydrogen (secondary N) is 1. The minimum absolute atomic E-state index is 0.0519. The molecule has 2 heterocycles. The van der Waals surface area contributed by atoms with Crippen LogP contribution in [0.1, 0.15) is 27.9 Å². The third kappa shape index (κ3) is 2.05. The van der Waals surface area contributed by atoms with Crippen molar-refractivity contribution >= 4 is 5.91 Å². The van der Waals surface area contributed by atoms with E-state index in [4.69, 9.17) is 0 Å². The van der Waals surface area contributed by atoms with Crippen LogP contribution < -0.4 is 5.32 Å². The first-order valence-electron chi connectivity index (χ1n) is 7.45. The summed E-state index contributed by atoms with van der Waals surface area (Å²) in [6.45, 7) is 2.76. The molecule has 0 saturated carbocycles. The quantitative estimate of drug-likeness (QED) is 0.869. The Kier molecular flexibility index (Phi) is 2.82. The summed E-state index contributed by atoms with van der Waals surface area (Å²) in [4.78, 5) is 15.1. The molecule has 106 valence electrons. The Hall–Kier alpha value is -2.13. The molecule has 3 heteroatoms. The van der Waals surface area contributed by atoms with Gasteiger partial charge in [0, 0.05) is 25.2 Å². The number of nitrogens with zero attached hydrogens (tertiary/aromatic N) is 1. The second kappa shape index (κ2) is 4.71. The van der Waals surface area contributed by atoms with Crippen LogP contribution in [0.15, 0.2) is 54.6 Å². The van der Waals surface area contributed by atoms with E-state index in [1.54, 1.807) is 0 Å². The fraction of sp³-hybridized carbons (Fsp3) is 0.278. The van der Waals surface area contributed by atoms with Crippen molar-refractivity contribution < 1.29 is 4.79 Å². The molecule has 2 atom stereocenters. The van der Waals surface area contributed by atoms with E-state index in [0.29, 0.717) is 0 Å². The van der Waals surface area contributed by atoms with E-state index in [9.17, 15) is 4.79 Å². The SMILES string of the molecule is O=C1N[C@@]2(c3ccccc3)CCN(Cc3ccccc31)C2. The Balaban J connectivity index is 1.79. The van der Waals surface area contributed by atoms with Crippen molar-refractivity contribution in [3.63, 3.8) is 0 Å². The smallest absolute Gasteiger partial charge is 0.252 e. The summed E-state index contributed by atoms with van der Waals surface area (Å²) in [5.74, 6) is 0.0519. The molecule has 0 radical (unpaired) electrons. The van der Waals surface area contributed by atoms with Crippen LogP contribution in [-0.4, -0.2) is 23.9 Å². The lowest BCUT2D eigenvalue weighted by molar-refractivity contribution is 0.0888. The number of carbonyl (C=O) groups is 1. The molecule has 3 nitrogen and oxygen atoms in total. The molecule has 4 rings (SSSR count). The third-order valence-electron chi connectivity index (χ3n) is 4.68. The second-order valence-corrected chi connectivity index (χ2v) is 6.02. The summed E-state index contributed by atoms with van der Waals surface area (Å²) in [6, 6.07) is 18.3. The van der Waals surface area contributed by atoms with Gasteiger partial charge in [0.25, 0.3) is 5.91 Å². The van der Waals surface area contributed by atoms with Crippen molar-refractivity contribution in [2.75, 3.05) is 13.1 Å². The van der Waals surface area contributed by atoms with E-state index in [-0.39, 0.29) is 11.4 Å². The Bertz CT molecular complexity index is 683. The van der Waals surface area contributed by atoms with Crippen LogP contribution in [0.25, 0.3) is 0 Å². The average Bonchev–Trinajstić information content (AvgIpc) is 2.93. The van der Waals surface area contributed by atoms with Gasteiger partial charge in [0.05, 0.1) is 5.54 Å². The van der Waals surface area contributed by atoms with Gasteiger partial charge in [-0.25, -0.2) is 0 Å². The number of hydrogen-bond acceptors (Lipinski definition) is 2. The molecule has 2 aromatic rings. The molecule has 0 spiro atoms. The number of benzene rings is 2. The zero-order valence-corrected chi connectivity index (χ0v) is 11.9. The molecule has 2 aliphatic heterocycles. The molecule has 1 fully saturated rings. The summed E-state index contributed by atoms with van der Waals surface area (Å²) in [5.41, 5.74) is 2.90. The van der Waals surface area contributed by atoms with Gasteiger partial charge in [0.2, 0.25) is 0 Å². The van der Waals surface area contributed by atoms with Gasteiger partial charge in [-0.3, -0.25) is 9.69 Å². The van der Waals surface area contributed by atoms with Crippen molar-refractivity contribution in [3.8, 4) is 0 Å². The molecular formula is C18H18N2O. The molecular weight excluding hydrogens is 260 g/mol. The molecule has 21 heavy (non-hydrogen) atoms. The Morgan fingerprint density at radius 3 is 2.62 bits per heavy atom. The van der Waals surface area contributed by atoms with Crippen molar-refractivity contribution in [1.29, 1.82) is 0 Å². The maximum Gasteiger partial charge on any atom is 0.252 e. The van der Waals surface area contributed by atoms with Crippen LogP contribution in [0, 0.1) is 0 Å². The van der Waals surface area contributed by atoms with E-state index in [2.05, 4.69) is 28.4 Å². The Morgan fingerprint density at radius 1 is 1.00 bits per heavy atom. The number of amides is 1. The fourth-order valence-electron chi connectivity index (χ4n) is 3.60. The van der Waals surface area contributed by atoms with Crippen LogP contribution in [0.3, 0.4) is 0 Å². The fourth-order valence-corrected chi connectivity index (χ4v) is 3.60. The molecule has 1 unspecified atom stereocenters. The first-order chi connectivity index (χ1) is 10.3. The van der Waals surface area contributed by atoms with E-state index in [0.717, 1.165) is 37.2 Å². The summed E-state index contributed by atoms with van der Waals surface area (Å²) in [6.07, 6.45) is 0.969. The van der Waals surface area contributed by atoms with Gasteiger partial charge in [-0.05, 0) is 23.6 Å². The lowest BCUT2D eigenvalue weighted by atomic mass is 9.88. The van der Waals surface area contributed by atoms with E-state index in [1.165, 1.54) is 5.56 Å². The van der Waals surface area contributed by atoms with Crippen LogP contribution in [-0.2, 0) is 12.1 Å². The largest absolute Gasteiger partial charge is 0.341 e. The predicted octanol–water partition coefficient (Wildman–Crippen LogP) is 2.53. The minimum atomic E-state index is -0.244. The molecule has 2 aromatic carbocycles. The third-order valence-corrected chi connectivity index (χ3v) is 4.68. The number of hydrogen-bond donors (Lipinski definition) is 1. The first-order valence-corrected chi connectivity index (χ1v) is 7.45. The minimum Gasteiger partial charge on any atom is -0.341 e. The number of fused-ring (bicyclic) bond motifs is 3. The standard InChI is InChI=1S/C18H18N2O/c21-17-16-9-5-4-6-14(16)12-20-11-10-18(13-20,19-17)15-7-2-1-3-8-15/h1-9H,10-13H2,(H,19,21)/t18-/m0/s1. The average molecular weight is 278 g/mol. The molecule has 2 aliphatic rings. The van der Waals surface area contributed by atoms with Crippen LogP contribution in [0.2, 0.25) is 0 Å². The van der Waals surface area contributed by atoms with Gasteiger partial charge in [0.15, 0.2) is 0 Å². The summed E-state index contributed by atoms with van der Waals surface area (Å²) >= 11 is 0. The first kappa shape index (κ1) is 12.6. The van der Waals surface area contributed by atoms with Gasteiger partial charge >= 0.3 is 0 Å². The second-order valence-electron chi connectivity index (χ2n) is 6.02. The Labute approximate surface area is 124 Å². The molecule has 1 amide bonds. The highest BCUT2D eigenvalue weighted by molar-refractivity contribution is 5.96. The maximum absolute atomic E-state index is 12.7. The van der Waals surface area contributed by atoms with Gasteiger partial charge in [-0.15, -0.1) is 0 Å². The van der Waals surface area contributed by atoms with Crippen LogP contribution in [0.5, 0.6) is 0 Å². The van der Waals surface area contributed by atoms with Gasteiger partial charge in [0.1, 0.15) is 0 Å². The Morgan fingerprint density at radius 2 is 1.76 bits per heavy atom. The molecule has 1 N–H and O–H groups in total. The van der Waals surface area contributed by atoms with Crippen molar-refractivity contribution in [3.05, 3.63) is 71.3 Å².